The van der Waals surface area contributed by atoms with E-state index in [2.05, 4.69) is 22.2 Å². The number of rotatable bonds is 11. The molecule has 4 atom stereocenters. The van der Waals surface area contributed by atoms with Crippen LogP contribution in [0.1, 0.15) is 62.3 Å². The minimum atomic E-state index is -1.02. The van der Waals surface area contributed by atoms with Crippen LogP contribution in [-0.4, -0.2) is 43.9 Å². The van der Waals surface area contributed by atoms with Gasteiger partial charge >= 0.3 is 5.97 Å². The van der Waals surface area contributed by atoms with E-state index in [1.807, 2.05) is 72.8 Å². The summed E-state index contributed by atoms with van der Waals surface area (Å²) in [6, 6.07) is 30.3. The second-order valence-electron chi connectivity index (χ2n) is 11.5. The third kappa shape index (κ3) is 7.80. The van der Waals surface area contributed by atoms with Crippen molar-refractivity contribution in [2.24, 2.45) is 5.92 Å². The molecule has 1 saturated heterocycles. The SMILES string of the molecule is C[C@H]1[C@@H](CSc2ncccc2C(=O)O)O[C@@H](c2cccc(-c3cccc(CNC(=O)c4cccnc4)c3)c2)O[C@H]1c1ccc(CO)cc1. The number of nitrogens with zero attached hydrogens (tertiary/aromatic N) is 2. The van der Waals surface area contributed by atoms with Gasteiger partial charge in [-0.1, -0.05) is 67.6 Å². The maximum absolute atomic E-state index is 12.6. The zero-order valence-electron chi connectivity index (χ0n) is 26.2. The molecule has 3 N–H and O–H groups in total. The van der Waals surface area contributed by atoms with E-state index in [0.29, 0.717) is 22.9 Å². The van der Waals surface area contributed by atoms with E-state index in [1.165, 1.54) is 18.0 Å². The van der Waals surface area contributed by atoms with Gasteiger partial charge in [-0.05, 0) is 64.2 Å². The van der Waals surface area contributed by atoms with Crippen LogP contribution >= 0.6 is 11.8 Å². The summed E-state index contributed by atoms with van der Waals surface area (Å²) in [4.78, 5) is 32.7. The number of carboxylic acid groups (broad SMARTS) is 1. The second kappa shape index (κ2) is 15.4. The van der Waals surface area contributed by atoms with Gasteiger partial charge in [-0.25, -0.2) is 9.78 Å². The average Bonchev–Trinajstić information content (AvgIpc) is 3.14. The van der Waals surface area contributed by atoms with E-state index in [0.717, 1.165) is 33.4 Å². The smallest absolute Gasteiger partial charge is 0.338 e. The molecule has 1 aliphatic heterocycles. The number of hydrogen-bond donors (Lipinski definition) is 3. The van der Waals surface area contributed by atoms with Crippen LogP contribution < -0.4 is 5.32 Å². The van der Waals surface area contributed by atoms with Crippen molar-refractivity contribution in [2.75, 3.05) is 5.75 Å². The summed E-state index contributed by atoms with van der Waals surface area (Å²) in [6.07, 6.45) is 3.45. The normalized spacial score (nSPS) is 19.0. The highest BCUT2D eigenvalue weighted by molar-refractivity contribution is 7.99. The molecule has 244 valence electrons. The number of aromatic nitrogens is 2. The van der Waals surface area contributed by atoms with Gasteiger partial charge in [-0.2, -0.15) is 0 Å². The van der Waals surface area contributed by atoms with Gasteiger partial charge in [0.05, 0.1) is 29.9 Å². The Kier molecular flexibility index (Phi) is 10.6. The highest BCUT2D eigenvalue weighted by Gasteiger charge is 2.38. The average molecular weight is 662 g/mol. The van der Waals surface area contributed by atoms with Crippen LogP contribution in [0.15, 0.2) is 121 Å². The molecule has 9 nitrogen and oxygen atoms in total. The quantitative estimate of drug-likeness (QED) is 0.130. The molecule has 0 radical (unpaired) electrons. The molecule has 0 aliphatic carbocycles. The number of pyridine rings is 2. The molecule has 0 unspecified atom stereocenters. The largest absolute Gasteiger partial charge is 0.478 e. The number of ether oxygens (including phenoxy) is 2. The molecule has 48 heavy (non-hydrogen) atoms. The van der Waals surface area contributed by atoms with Crippen molar-refractivity contribution in [3.05, 3.63) is 149 Å². The monoisotopic (exact) mass is 661 g/mol. The van der Waals surface area contributed by atoms with Crippen LogP contribution in [0, 0.1) is 5.92 Å². The molecule has 0 bridgehead atoms. The highest BCUT2D eigenvalue weighted by Crippen LogP contribution is 2.43. The number of carbonyl (C=O) groups is 2. The third-order valence-electron chi connectivity index (χ3n) is 8.31. The van der Waals surface area contributed by atoms with Gasteiger partial charge in [-0.3, -0.25) is 9.78 Å². The Morgan fingerprint density at radius 1 is 0.854 bits per heavy atom. The molecule has 1 fully saturated rings. The number of carbonyl (C=O) groups excluding carboxylic acids is 1. The molecule has 1 aliphatic rings. The van der Waals surface area contributed by atoms with Crippen molar-refractivity contribution in [2.45, 2.75) is 43.6 Å². The van der Waals surface area contributed by atoms with Crippen molar-refractivity contribution in [3.8, 4) is 11.1 Å². The lowest BCUT2D eigenvalue weighted by Crippen LogP contribution is -2.38. The van der Waals surface area contributed by atoms with Gasteiger partial charge < -0.3 is 25.0 Å². The molecule has 2 aromatic heterocycles. The van der Waals surface area contributed by atoms with Crippen LogP contribution in [0.25, 0.3) is 11.1 Å². The van der Waals surface area contributed by atoms with Gasteiger partial charge in [0.15, 0.2) is 6.29 Å². The van der Waals surface area contributed by atoms with Gasteiger partial charge in [0, 0.05) is 42.4 Å². The highest BCUT2D eigenvalue weighted by atomic mass is 32.2. The Labute approximate surface area is 283 Å². The van der Waals surface area contributed by atoms with Crippen molar-refractivity contribution in [1.29, 1.82) is 0 Å². The molecule has 5 aromatic rings. The van der Waals surface area contributed by atoms with Gasteiger partial charge in [0.25, 0.3) is 5.91 Å². The fraction of sp³-hybridized carbons (Fsp3) is 0.211. The Bertz CT molecular complexity index is 1870. The minimum Gasteiger partial charge on any atom is -0.478 e. The van der Waals surface area contributed by atoms with Crippen LogP contribution in [0.2, 0.25) is 0 Å². The van der Waals surface area contributed by atoms with E-state index < -0.39 is 12.3 Å². The number of aliphatic hydroxyl groups is 1. The van der Waals surface area contributed by atoms with E-state index in [-0.39, 0.29) is 36.2 Å². The van der Waals surface area contributed by atoms with Crippen molar-refractivity contribution in [3.63, 3.8) is 0 Å². The summed E-state index contributed by atoms with van der Waals surface area (Å²) in [5.74, 6) is -0.821. The first-order valence-corrected chi connectivity index (χ1v) is 16.6. The third-order valence-corrected chi connectivity index (χ3v) is 9.40. The molecular formula is C38H35N3O6S. The van der Waals surface area contributed by atoms with Crippen LogP contribution in [0.3, 0.4) is 0 Å². The molecule has 1 amide bonds. The first-order chi connectivity index (χ1) is 23.4. The van der Waals surface area contributed by atoms with Gasteiger partial charge in [0.2, 0.25) is 0 Å². The van der Waals surface area contributed by atoms with Crippen LogP contribution in [0.4, 0.5) is 0 Å². The number of nitrogens with one attached hydrogen (secondary N) is 1. The summed E-state index contributed by atoms with van der Waals surface area (Å²) in [6.45, 7) is 2.38. The van der Waals surface area contributed by atoms with Gasteiger partial charge in [0.1, 0.15) is 5.03 Å². The molecular weight excluding hydrogens is 627 g/mol. The van der Waals surface area contributed by atoms with E-state index in [1.54, 1.807) is 36.7 Å². The lowest BCUT2D eigenvalue weighted by atomic mass is 9.91. The topological polar surface area (TPSA) is 131 Å². The molecule has 3 heterocycles. The van der Waals surface area contributed by atoms with Crippen molar-refractivity contribution in [1.82, 2.24) is 15.3 Å². The van der Waals surface area contributed by atoms with E-state index >= 15 is 0 Å². The zero-order valence-corrected chi connectivity index (χ0v) is 27.0. The number of amides is 1. The Morgan fingerprint density at radius 3 is 2.38 bits per heavy atom. The summed E-state index contributed by atoms with van der Waals surface area (Å²) >= 11 is 1.35. The van der Waals surface area contributed by atoms with Crippen LogP contribution in [0.5, 0.6) is 0 Å². The van der Waals surface area contributed by atoms with Crippen LogP contribution in [-0.2, 0) is 22.6 Å². The molecule has 6 rings (SSSR count). The fourth-order valence-electron chi connectivity index (χ4n) is 5.65. The van der Waals surface area contributed by atoms with Crippen molar-refractivity contribution < 1.29 is 29.3 Å². The first-order valence-electron chi connectivity index (χ1n) is 15.6. The minimum absolute atomic E-state index is 0.0484. The standard InChI is InChI=1S/C38H35N3O6S/c1-24-33(23-48-36-32(37(44)45)11-5-17-40-36)46-38(47-34(24)27-14-12-25(22-42)13-15-27)30-9-3-8-29(19-30)28-7-2-6-26(18-28)20-41-35(43)31-10-4-16-39-21-31/h2-19,21,24,33-34,38,42H,20,22-23H2,1H3,(H,41,43)(H,44,45)/t24-,33+,34+,38+/m0/s1. The lowest BCUT2D eigenvalue weighted by Gasteiger charge is -2.41. The maximum atomic E-state index is 12.6. The summed E-state index contributed by atoms with van der Waals surface area (Å²) in [5, 5.41) is 22.6. The zero-order chi connectivity index (χ0) is 33.5. The fourth-order valence-corrected chi connectivity index (χ4v) is 6.80. The summed E-state index contributed by atoms with van der Waals surface area (Å²) < 4.78 is 13.3. The predicted octanol–water partition coefficient (Wildman–Crippen LogP) is 6.85. The second-order valence-corrected chi connectivity index (χ2v) is 12.6. The molecule has 0 spiro atoms. The Balaban J connectivity index is 1.24. The number of thioether (sulfide) groups is 1. The molecule has 3 aromatic carbocycles. The Hall–Kier alpha value is -4.87. The summed E-state index contributed by atoms with van der Waals surface area (Å²) in [5.41, 5.74) is 6.17. The number of aromatic carboxylic acids is 1. The van der Waals surface area contributed by atoms with Crippen molar-refractivity contribution >= 4 is 23.6 Å². The lowest BCUT2D eigenvalue weighted by molar-refractivity contribution is -0.268. The maximum Gasteiger partial charge on any atom is 0.338 e. The summed E-state index contributed by atoms with van der Waals surface area (Å²) in [7, 11) is 0. The number of benzene rings is 3. The first kappa shape index (κ1) is 33.0. The Morgan fingerprint density at radius 2 is 1.62 bits per heavy atom. The number of hydrogen-bond acceptors (Lipinski definition) is 8. The van der Waals surface area contributed by atoms with E-state index in [4.69, 9.17) is 9.47 Å². The predicted molar refractivity (Wildman–Crippen MR) is 182 cm³/mol. The van der Waals surface area contributed by atoms with Gasteiger partial charge in [-0.15, -0.1) is 11.8 Å². The molecule has 0 saturated carbocycles. The number of carboxylic acids is 1. The van der Waals surface area contributed by atoms with E-state index in [9.17, 15) is 19.8 Å². The molecule has 10 heteroatoms. The number of aliphatic hydroxyl groups excluding tert-OH is 1.